The van der Waals surface area contributed by atoms with Crippen LogP contribution in [-0.2, 0) is 11.3 Å². The van der Waals surface area contributed by atoms with E-state index in [2.05, 4.69) is 10.3 Å². The van der Waals surface area contributed by atoms with Gasteiger partial charge in [0.1, 0.15) is 5.82 Å². The Morgan fingerprint density at radius 1 is 1.15 bits per heavy atom. The van der Waals surface area contributed by atoms with Gasteiger partial charge in [-0.05, 0) is 35.7 Å². The molecule has 11 heteroatoms. The van der Waals surface area contributed by atoms with Crippen molar-refractivity contribution in [2.24, 2.45) is 0 Å². The summed E-state index contributed by atoms with van der Waals surface area (Å²) < 4.78 is 78.3. The molecule has 4 rings (SSSR count). The first-order chi connectivity index (χ1) is 15.7. The van der Waals surface area contributed by atoms with Gasteiger partial charge in [-0.15, -0.1) is 0 Å². The minimum Gasteiger partial charge on any atom is -0.481 e. The zero-order chi connectivity index (χ0) is 23.9. The lowest BCUT2D eigenvalue weighted by atomic mass is 9.95. The predicted molar refractivity (Wildman–Crippen MR) is 109 cm³/mol. The Morgan fingerprint density at radius 3 is 2.52 bits per heavy atom. The van der Waals surface area contributed by atoms with Gasteiger partial charge in [0.25, 0.3) is 6.43 Å². The fraction of sp³-hybridized carbons (Fsp3) is 0.273. The number of pyridine rings is 1. The fourth-order valence-corrected chi connectivity index (χ4v) is 3.78. The number of urea groups is 1. The molecular formula is C22H18F5N3O3. The average Bonchev–Trinajstić information content (AvgIpc) is 2.79. The van der Waals surface area contributed by atoms with Crippen molar-refractivity contribution in [1.29, 1.82) is 0 Å². The van der Waals surface area contributed by atoms with Crippen LogP contribution in [0.5, 0.6) is 5.88 Å². The molecular weight excluding hydrogens is 449 g/mol. The Hall–Kier alpha value is -3.47. The van der Waals surface area contributed by atoms with Crippen molar-refractivity contribution in [3.05, 3.63) is 64.6 Å². The lowest BCUT2D eigenvalue weighted by Gasteiger charge is -2.34. The van der Waals surface area contributed by atoms with Gasteiger partial charge < -0.3 is 19.7 Å². The number of hydrogen-bond acceptors (Lipinski definition) is 4. The highest BCUT2D eigenvalue weighted by atomic mass is 19.3. The largest absolute Gasteiger partial charge is 0.481 e. The maximum atomic E-state index is 14.1. The minimum atomic E-state index is -3.05. The van der Waals surface area contributed by atoms with E-state index in [9.17, 15) is 26.7 Å². The number of alkyl halides is 2. The van der Waals surface area contributed by atoms with Crippen molar-refractivity contribution in [2.75, 3.05) is 26.1 Å². The van der Waals surface area contributed by atoms with Crippen LogP contribution < -0.4 is 10.1 Å². The summed E-state index contributed by atoms with van der Waals surface area (Å²) in [6.45, 7) is 0.0764. The highest BCUT2D eigenvalue weighted by molar-refractivity contribution is 5.93. The Kier molecular flexibility index (Phi) is 6.07. The second kappa shape index (κ2) is 8.81. The van der Waals surface area contributed by atoms with Gasteiger partial charge >= 0.3 is 6.03 Å². The summed E-state index contributed by atoms with van der Waals surface area (Å²) >= 11 is 0. The van der Waals surface area contributed by atoms with Crippen molar-refractivity contribution in [3.63, 3.8) is 0 Å². The van der Waals surface area contributed by atoms with E-state index in [0.717, 1.165) is 30.3 Å². The topological polar surface area (TPSA) is 63.7 Å². The maximum absolute atomic E-state index is 14.1. The monoisotopic (exact) mass is 467 g/mol. The van der Waals surface area contributed by atoms with Crippen molar-refractivity contribution >= 4 is 22.5 Å². The second-order valence-corrected chi connectivity index (χ2v) is 7.40. The zero-order valence-electron chi connectivity index (χ0n) is 17.5. The quantitative estimate of drug-likeness (QED) is 0.527. The molecule has 2 heterocycles. The van der Waals surface area contributed by atoms with Crippen LogP contribution in [0.15, 0.2) is 30.3 Å². The van der Waals surface area contributed by atoms with Gasteiger partial charge in [-0.1, -0.05) is 0 Å². The smallest absolute Gasteiger partial charge is 0.322 e. The Morgan fingerprint density at radius 2 is 1.85 bits per heavy atom. The van der Waals surface area contributed by atoms with Gasteiger partial charge in [0.2, 0.25) is 5.88 Å². The predicted octanol–water partition coefficient (Wildman–Crippen LogP) is 5.33. The summed E-state index contributed by atoms with van der Waals surface area (Å²) in [6.07, 6.45) is -3.05. The molecule has 0 spiro atoms. The number of halogens is 5. The minimum absolute atomic E-state index is 0.0186. The second-order valence-electron chi connectivity index (χ2n) is 7.40. The van der Waals surface area contributed by atoms with E-state index < -0.39 is 41.5 Å². The number of carbonyl (C=O) groups excluding carboxylic acids is 1. The molecule has 0 aliphatic carbocycles. The number of likely N-dealkylation sites (N-methyl/N-ethyl adjacent to an activating group) is 1. The Balaban J connectivity index is 1.71. The van der Waals surface area contributed by atoms with Crippen molar-refractivity contribution < 1.29 is 36.2 Å². The first kappa shape index (κ1) is 22.7. The lowest BCUT2D eigenvalue weighted by molar-refractivity contribution is 0.0525. The van der Waals surface area contributed by atoms with Crippen LogP contribution in [0.1, 0.15) is 29.3 Å². The molecule has 1 aliphatic rings. The Bertz CT molecular complexity index is 1240. The number of anilines is 1. The summed E-state index contributed by atoms with van der Waals surface area (Å²) in [5, 5.41) is 2.95. The molecule has 33 heavy (non-hydrogen) atoms. The zero-order valence-corrected chi connectivity index (χ0v) is 17.5. The first-order valence-electron chi connectivity index (χ1n) is 9.76. The molecule has 6 nitrogen and oxygen atoms in total. The molecule has 174 valence electrons. The van der Waals surface area contributed by atoms with Crippen LogP contribution in [-0.4, -0.2) is 36.7 Å². The van der Waals surface area contributed by atoms with E-state index >= 15 is 0 Å². The van der Waals surface area contributed by atoms with E-state index in [1.165, 1.54) is 19.1 Å². The number of ether oxygens (including phenoxy) is 2. The molecule has 1 aromatic heterocycles. The molecule has 0 bridgehead atoms. The van der Waals surface area contributed by atoms with Crippen molar-refractivity contribution in [3.8, 4) is 5.88 Å². The normalized spacial score (nSPS) is 15.5. The van der Waals surface area contributed by atoms with E-state index in [4.69, 9.17) is 9.47 Å². The van der Waals surface area contributed by atoms with E-state index in [0.29, 0.717) is 16.6 Å². The molecule has 0 radical (unpaired) electrons. The van der Waals surface area contributed by atoms with Gasteiger partial charge in [-0.25, -0.2) is 31.7 Å². The molecule has 3 aromatic rings. The molecule has 1 aliphatic heterocycles. The molecule has 2 aromatic carbocycles. The highest BCUT2D eigenvalue weighted by Crippen LogP contribution is 2.38. The molecule has 2 amide bonds. The number of hydrogen-bond donors (Lipinski definition) is 1. The van der Waals surface area contributed by atoms with Crippen LogP contribution in [0.3, 0.4) is 0 Å². The van der Waals surface area contributed by atoms with E-state index in [-0.39, 0.29) is 30.2 Å². The first-order valence-corrected chi connectivity index (χ1v) is 9.76. The van der Waals surface area contributed by atoms with Crippen LogP contribution in [0, 0.1) is 17.5 Å². The third-order valence-electron chi connectivity index (χ3n) is 5.44. The number of carbonyl (C=O) groups is 1. The van der Waals surface area contributed by atoms with Crippen molar-refractivity contribution in [2.45, 2.75) is 19.1 Å². The summed E-state index contributed by atoms with van der Waals surface area (Å²) in [5.41, 5.74) is -0.0584. The number of rotatable bonds is 4. The number of benzene rings is 2. The fourth-order valence-electron chi connectivity index (χ4n) is 3.78. The number of methoxy groups -OCH3 is 1. The van der Waals surface area contributed by atoms with Crippen LogP contribution in [0.4, 0.5) is 32.4 Å². The third-order valence-corrected chi connectivity index (χ3v) is 5.44. The molecule has 1 atom stereocenters. The van der Waals surface area contributed by atoms with E-state index in [1.54, 1.807) is 0 Å². The Labute approximate surface area is 184 Å². The molecule has 0 fully saturated rings. The number of aromatic nitrogens is 1. The van der Waals surface area contributed by atoms with Gasteiger partial charge in [0, 0.05) is 23.7 Å². The summed E-state index contributed by atoms with van der Waals surface area (Å²) in [5.74, 6) is -3.18. The number of fused-ring (bicyclic) bond motifs is 3. The summed E-state index contributed by atoms with van der Waals surface area (Å²) in [7, 11) is 2.76. The van der Waals surface area contributed by atoms with Crippen LogP contribution in [0.25, 0.3) is 10.8 Å². The molecule has 0 unspecified atom stereocenters. The summed E-state index contributed by atoms with van der Waals surface area (Å²) in [4.78, 5) is 18.4. The molecule has 1 N–H and O–H groups in total. The van der Waals surface area contributed by atoms with Gasteiger partial charge in [0.05, 0.1) is 37.6 Å². The molecule has 0 saturated carbocycles. The number of nitrogens with zero attached hydrogens (tertiary/aromatic N) is 2. The number of amides is 2. The van der Waals surface area contributed by atoms with Gasteiger partial charge in [0.15, 0.2) is 11.6 Å². The highest BCUT2D eigenvalue weighted by Gasteiger charge is 2.32. The van der Waals surface area contributed by atoms with Gasteiger partial charge in [-0.3, -0.25) is 0 Å². The van der Waals surface area contributed by atoms with Crippen molar-refractivity contribution in [1.82, 2.24) is 9.88 Å². The number of nitrogens with one attached hydrogen (secondary N) is 1. The average molecular weight is 467 g/mol. The maximum Gasteiger partial charge on any atom is 0.322 e. The standard InChI is InChI=1S/C22H18F5N3O3/c1-30(22(31)28-10-3-4-14(23)13(5-10)20(26)27)18-9-33-8-17-19(18)11-6-15(24)16(25)7-12(11)21(29-17)32-2/h3-7,18,20H,8-9H2,1-2H3,(H,28,31)/t18-/m1/s1. The van der Waals surface area contributed by atoms with Crippen LogP contribution >= 0.6 is 0 Å². The SMILES string of the molecule is COc1nc2c(c3cc(F)c(F)cc13)[C@H](N(C)C(=O)Nc1ccc(F)c(C(F)F)c1)COC2. The third kappa shape index (κ3) is 4.15. The van der Waals surface area contributed by atoms with Crippen LogP contribution in [0.2, 0.25) is 0 Å². The van der Waals surface area contributed by atoms with E-state index in [1.807, 2.05) is 0 Å². The van der Waals surface area contributed by atoms with Gasteiger partial charge in [-0.2, -0.15) is 0 Å². The summed E-state index contributed by atoms with van der Waals surface area (Å²) in [6, 6.07) is 3.32. The lowest BCUT2D eigenvalue weighted by Crippen LogP contribution is -2.39. The molecule has 0 saturated heterocycles.